The highest BCUT2D eigenvalue weighted by atomic mass is 35.5. The molecule has 1 N–H and O–H groups in total. The smallest absolute Gasteiger partial charge is 0.243 e. The quantitative estimate of drug-likeness (QED) is 0.483. The first-order valence-electron chi connectivity index (χ1n) is 9.34. The van der Waals surface area contributed by atoms with E-state index in [1.54, 1.807) is 17.9 Å². The van der Waals surface area contributed by atoms with Crippen LogP contribution in [0.2, 0.25) is 10.0 Å². The second-order valence-electron chi connectivity index (χ2n) is 6.44. The molecule has 0 radical (unpaired) electrons. The number of unbranched alkanes of at least 4 members (excludes halogenated alkanes) is 1. The van der Waals surface area contributed by atoms with E-state index in [0.717, 1.165) is 30.5 Å². The van der Waals surface area contributed by atoms with Gasteiger partial charge in [-0.3, -0.25) is 0 Å². The molecule has 2 aromatic carbocycles. The first-order valence-corrected chi connectivity index (χ1v) is 10.1. The maximum absolute atomic E-state index is 6.47. The summed E-state index contributed by atoms with van der Waals surface area (Å²) in [5.74, 6) is 1.78. The van der Waals surface area contributed by atoms with Crippen LogP contribution in [0, 0.1) is 0 Å². The van der Waals surface area contributed by atoms with E-state index in [9.17, 15) is 0 Å². The largest absolute Gasteiger partial charge is 0.493 e. The zero-order valence-corrected chi connectivity index (χ0v) is 17.9. The number of hydrogen-bond acceptors (Lipinski definition) is 6. The number of methoxy groups -OCH3 is 1. The van der Waals surface area contributed by atoms with E-state index < -0.39 is 0 Å². The lowest BCUT2D eigenvalue weighted by atomic mass is 10.2. The van der Waals surface area contributed by atoms with Crippen LogP contribution in [0.5, 0.6) is 11.5 Å². The number of aryl methyl sites for hydroxylation is 1. The first-order chi connectivity index (χ1) is 14.1. The molecule has 0 saturated heterocycles. The first kappa shape index (κ1) is 21.2. The summed E-state index contributed by atoms with van der Waals surface area (Å²) in [5.41, 5.74) is 1.85. The van der Waals surface area contributed by atoms with Gasteiger partial charge in [0.05, 0.1) is 7.11 Å². The molecular weight excluding hydrogens is 413 g/mol. The molecule has 3 aromatic rings. The van der Waals surface area contributed by atoms with Gasteiger partial charge in [-0.15, -0.1) is 0 Å². The van der Waals surface area contributed by atoms with Crippen LogP contribution >= 0.6 is 23.2 Å². The predicted molar refractivity (Wildman–Crippen MR) is 114 cm³/mol. The number of rotatable bonds is 10. The molecule has 0 fully saturated rings. The number of anilines is 1. The molecule has 0 aliphatic rings. The van der Waals surface area contributed by atoms with E-state index in [0.29, 0.717) is 40.6 Å². The maximum atomic E-state index is 6.47. The van der Waals surface area contributed by atoms with Gasteiger partial charge in [-0.25, -0.2) is 4.68 Å². The van der Waals surface area contributed by atoms with E-state index in [4.69, 9.17) is 32.7 Å². The van der Waals surface area contributed by atoms with Crippen LogP contribution in [0.4, 0.5) is 5.95 Å². The van der Waals surface area contributed by atoms with Gasteiger partial charge in [0.2, 0.25) is 5.95 Å². The lowest BCUT2D eigenvalue weighted by Crippen LogP contribution is -2.09. The third-order valence-corrected chi connectivity index (χ3v) is 4.94. The summed E-state index contributed by atoms with van der Waals surface area (Å²) in [5, 5.41) is 16.2. The minimum Gasteiger partial charge on any atom is -0.493 e. The van der Waals surface area contributed by atoms with E-state index in [2.05, 4.69) is 27.8 Å². The van der Waals surface area contributed by atoms with Gasteiger partial charge in [-0.05, 0) is 46.2 Å². The molecule has 1 aromatic heterocycles. The fourth-order valence-corrected chi connectivity index (χ4v) is 3.04. The Bertz CT molecular complexity index is 931. The average molecular weight is 436 g/mol. The van der Waals surface area contributed by atoms with Gasteiger partial charge in [0.25, 0.3) is 0 Å². The number of benzene rings is 2. The van der Waals surface area contributed by atoms with E-state index in [1.165, 1.54) is 0 Å². The lowest BCUT2D eigenvalue weighted by molar-refractivity contribution is 0.284. The number of aromatic nitrogens is 4. The second kappa shape index (κ2) is 10.3. The number of nitrogens with one attached hydrogen (secondary N) is 1. The van der Waals surface area contributed by atoms with Crippen molar-refractivity contribution in [2.24, 2.45) is 0 Å². The zero-order valence-electron chi connectivity index (χ0n) is 16.4. The number of tetrazole rings is 1. The molecule has 29 heavy (non-hydrogen) atoms. The Hall–Kier alpha value is -2.51. The number of ether oxygens (including phenoxy) is 2. The normalized spacial score (nSPS) is 10.8. The Kier molecular flexibility index (Phi) is 7.55. The molecule has 0 unspecified atom stereocenters. The van der Waals surface area contributed by atoms with Gasteiger partial charge >= 0.3 is 0 Å². The molecular formula is C20H23Cl2N5O2. The van der Waals surface area contributed by atoms with Gasteiger partial charge in [0.15, 0.2) is 11.5 Å². The van der Waals surface area contributed by atoms with Gasteiger partial charge in [0.1, 0.15) is 6.61 Å². The van der Waals surface area contributed by atoms with E-state index >= 15 is 0 Å². The third kappa shape index (κ3) is 5.74. The van der Waals surface area contributed by atoms with Crippen LogP contribution in [0.3, 0.4) is 0 Å². The predicted octanol–water partition coefficient (Wildman–Crippen LogP) is 4.98. The standard InChI is InChI=1S/C20H23Cl2N5O2/c1-3-4-9-27-20(24-25-26-27)23-12-15-10-18(28-2)19(11-17(15)22)29-13-14-5-7-16(21)8-6-14/h5-8,10-11H,3-4,9,12-13H2,1-2H3,(H,23,24,26). The summed E-state index contributed by atoms with van der Waals surface area (Å²) in [6.45, 7) is 3.73. The van der Waals surface area contributed by atoms with Crippen molar-refractivity contribution >= 4 is 29.2 Å². The van der Waals surface area contributed by atoms with Crippen molar-refractivity contribution in [1.82, 2.24) is 20.2 Å². The highest BCUT2D eigenvalue weighted by Gasteiger charge is 2.13. The van der Waals surface area contributed by atoms with Crippen molar-refractivity contribution < 1.29 is 9.47 Å². The Balaban J connectivity index is 1.67. The van der Waals surface area contributed by atoms with Crippen LogP contribution < -0.4 is 14.8 Å². The maximum Gasteiger partial charge on any atom is 0.243 e. The van der Waals surface area contributed by atoms with E-state index in [-0.39, 0.29) is 0 Å². The zero-order chi connectivity index (χ0) is 20.6. The molecule has 0 aliphatic heterocycles. The monoisotopic (exact) mass is 435 g/mol. The van der Waals surface area contributed by atoms with Crippen LogP contribution in [0.1, 0.15) is 30.9 Å². The fraction of sp³-hybridized carbons (Fsp3) is 0.350. The van der Waals surface area contributed by atoms with Crippen LogP contribution in [0.15, 0.2) is 36.4 Å². The average Bonchev–Trinajstić information content (AvgIpc) is 3.18. The van der Waals surface area contributed by atoms with Crippen molar-refractivity contribution in [3.8, 4) is 11.5 Å². The minimum atomic E-state index is 0.383. The summed E-state index contributed by atoms with van der Waals surface area (Å²) in [6.07, 6.45) is 2.08. The Morgan fingerprint density at radius 3 is 2.62 bits per heavy atom. The molecule has 0 saturated carbocycles. The molecule has 1 heterocycles. The molecule has 9 heteroatoms. The van der Waals surface area contributed by atoms with Crippen molar-refractivity contribution in [2.75, 3.05) is 12.4 Å². The van der Waals surface area contributed by atoms with Crippen molar-refractivity contribution in [3.05, 3.63) is 57.6 Å². The second-order valence-corrected chi connectivity index (χ2v) is 7.29. The van der Waals surface area contributed by atoms with Crippen LogP contribution in [-0.2, 0) is 19.7 Å². The fourth-order valence-electron chi connectivity index (χ4n) is 2.69. The van der Waals surface area contributed by atoms with Crippen LogP contribution in [-0.4, -0.2) is 27.3 Å². The van der Waals surface area contributed by atoms with Crippen molar-refractivity contribution in [3.63, 3.8) is 0 Å². The summed E-state index contributed by atoms with van der Waals surface area (Å²) in [7, 11) is 1.60. The molecule has 7 nitrogen and oxygen atoms in total. The molecule has 0 spiro atoms. The molecule has 0 bridgehead atoms. The van der Waals surface area contributed by atoms with Gasteiger partial charge in [0, 0.05) is 29.2 Å². The number of halogens is 2. The van der Waals surface area contributed by atoms with Gasteiger partial charge < -0.3 is 14.8 Å². The summed E-state index contributed by atoms with van der Waals surface area (Å²) in [4.78, 5) is 0. The Morgan fingerprint density at radius 2 is 1.90 bits per heavy atom. The van der Waals surface area contributed by atoms with Gasteiger partial charge in [-0.2, -0.15) is 0 Å². The van der Waals surface area contributed by atoms with E-state index in [1.807, 2.05) is 30.3 Å². The minimum absolute atomic E-state index is 0.383. The summed E-state index contributed by atoms with van der Waals surface area (Å²) in [6, 6.07) is 11.1. The molecule has 3 rings (SSSR count). The topological polar surface area (TPSA) is 74.1 Å². The Morgan fingerprint density at radius 1 is 1.10 bits per heavy atom. The lowest BCUT2D eigenvalue weighted by Gasteiger charge is -2.14. The molecule has 154 valence electrons. The number of hydrogen-bond donors (Lipinski definition) is 1. The number of nitrogens with zero attached hydrogens (tertiary/aromatic N) is 4. The Labute approximate surface area is 179 Å². The molecule has 0 atom stereocenters. The molecule has 0 amide bonds. The van der Waals surface area contributed by atoms with Crippen molar-refractivity contribution in [1.29, 1.82) is 0 Å². The summed E-state index contributed by atoms with van der Waals surface area (Å²) < 4.78 is 13.1. The third-order valence-electron chi connectivity index (χ3n) is 4.33. The SMILES string of the molecule is CCCCn1nnnc1NCc1cc(OC)c(OCc2ccc(Cl)cc2)cc1Cl. The van der Waals surface area contributed by atoms with Crippen LogP contribution in [0.25, 0.3) is 0 Å². The highest BCUT2D eigenvalue weighted by Crippen LogP contribution is 2.34. The van der Waals surface area contributed by atoms with Crippen molar-refractivity contribution in [2.45, 2.75) is 39.5 Å². The summed E-state index contributed by atoms with van der Waals surface area (Å²) >= 11 is 12.4. The van der Waals surface area contributed by atoms with Gasteiger partial charge in [-0.1, -0.05) is 53.8 Å². The highest BCUT2D eigenvalue weighted by molar-refractivity contribution is 6.31. The molecule has 0 aliphatic carbocycles.